The van der Waals surface area contributed by atoms with Gasteiger partial charge in [0.1, 0.15) is 0 Å². The van der Waals surface area contributed by atoms with Gasteiger partial charge in [0.25, 0.3) is 0 Å². The number of piperidine rings is 1. The zero-order valence-corrected chi connectivity index (χ0v) is 10.5. The largest absolute Gasteiger partial charge is 0.328 e. The number of rotatable bonds is 6. The molecule has 0 aromatic carbocycles. The van der Waals surface area contributed by atoms with Crippen molar-refractivity contribution in [2.24, 2.45) is 11.7 Å². The lowest BCUT2D eigenvalue weighted by Gasteiger charge is -2.32. The van der Waals surface area contributed by atoms with E-state index in [1.807, 2.05) is 0 Å². The molecule has 0 spiro atoms. The molecule has 90 valence electrons. The van der Waals surface area contributed by atoms with Crippen LogP contribution in [-0.4, -0.2) is 30.6 Å². The molecule has 0 bridgehead atoms. The molecule has 0 aromatic rings. The molecule has 1 aliphatic heterocycles. The van der Waals surface area contributed by atoms with Crippen LogP contribution >= 0.6 is 0 Å². The first-order valence-corrected chi connectivity index (χ1v) is 6.74. The van der Waals surface area contributed by atoms with Crippen molar-refractivity contribution >= 4 is 0 Å². The van der Waals surface area contributed by atoms with Crippen LogP contribution < -0.4 is 5.73 Å². The Kier molecular flexibility index (Phi) is 6.26. The minimum atomic E-state index is 0.469. The molecule has 1 saturated heterocycles. The molecule has 2 N–H and O–H groups in total. The minimum Gasteiger partial charge on any atom is -0.328 e. The van der Waals surface area contributed by atoms with Crippen LogP contribution in [0.15, 0.2) is 0 Å². The minimum absolute atomic E-state index is 0.469. The van der Waals surface area contributed by atoms with E-state index in [9.17, 15) is 0 Å². The number of likely N-dealkylation sites (tertiary alicyclic amines) is 1. The summed E-state index contributed by atoms with van der Waals surface area (Å²) in [5.41, 5.74) is 5.91. The van der Waals surface area contributed by atoms with Crippen LogP contribution in [-0.2, 0) is 0 Å². The van der Waals surface area contributed by atoms with E-state index in [0.717, 1.165) is 5.92 Å². The molecule has 2 heteroatoms. The van der Waals surface area contributed by atoms with Gasteiger partial charge >= 0.3 is 0 Å². The number of nitrogens with two attached hydrogens (primary N) is 1. The van der Waals surface area contributed by atoms with Crippen LogP contribution in [0.5, 0.6) is 0 Å². The summed E-state index contributed by atoms with van der Waals surface area (Å²) < 4.78 is 0. The van der Waals surface area contributed by atoms with Crippen LogP contribution in [0.25, 0.3) is 0 Å². The highest BCUT2D eigenvalue weighted by Gasteiger charge is 2.18. The number of hydrogen-bond acceptors (Lipinski definition) is 2. The summed E-state index contributed by atoms with van der Waals surface area (Å²) in [6, 6.07) is 0.469. The normalized spacial score (nSPS) is 21.8. The van der Waals surface area contributed by atoms with Gasteiger partial charge < -0.3 is 10.6 Å². The molecule has 0 amide bonds. The predicted octanol–water partition coefficient (Wildman–Crippen LogP) is 2.63. The first kappa shape index (κ1) is 13.0. The van der Waals surface area contributed by atoms with E-state index < -0.39 is 0 Å². The molecule has 1 fully saturated rings. The van der Waals surface area contributed by atoms with Crippen molar-refractivity contribution in [2.75, 3.05) is 19.6 Å². The zero-order chi connectivity index (χ0) is 11.1. The topological polar surface area (TPSA) is 29.3 Å². The third-order valence-corrected chi connectivity index (χ3v) is 3.69. The first-order valence-electron chi connectivity index (χ1n) is 6.74. The molecular formula is C13H28N2. The first-order chi connectivity index (χ1) is 7.26. The van der Waals surface area contributed by atoms with E-state index in [-0.39, 0.29) is 0 Å². The SMILES string of the molecule is CCCCC(CC)CN1CCC(N)CC1. The average molecular weight is 212 g/mol. The van der Waals surface area contributed by atoms with E-state index in [0.29, 0.717) is 6.04 Å². The number of unbranched alkanes of at least 4 members (excludes halogenated alkanes) is 1. The molecule has 15 heavy (non-hydrogen) atoms. The highest BCUT2D eigenvalue weighted by Crippen LogP contribution is 2.17. The lowest BCUT2D eigenvalue weighted by atomic mass is 9.97. The van der Waals surface area contributed by atoms with E-state index >= 15 is 0 Å². The Morgan fingerprint density at radius 1 is 1.27 bits per heavy atom. The predicted molar refractivity (Wildman–Crippen MR) is 67.0 cm³/mol. The Morgan fingerprint density at radius 3 is 2.47 bits per heavy atom. The second kappa shape index (κ2) is 7.24. The summed E-state index contributed by atoms with van der Waals surface area (Å²) >= 11 is 0. The van der Waals surface area contributed by atoms with E-state index in [1.165, 1.54) is 58.2 Å². The van der Waals surface area contributed by atoms with Gasteiger partial charge in [0, 0.05) is 12.6 Å². The summed E-state index contributed by atoms with van der Waals surface area (Å²) in [6.07, 6.45) is 7.87. The van der Waals surface area contributed by atoms with Gasteiger partial charge in [-0.15, -0.1) is 0 Å². The summed E-state index contributed by atoms with van der Waals surface area (Å²) in [7, 11) is 0. The van der Waals surface area contributed by atoms with Crippen molar-refractivity contribution in [2.45, 2.75) is 58.4 Å². The Balaban J connectivity index is 2.19. The van der Waals surface area contributed by atoms with E-state index in [2.05, 4.69) is 18.7 Å². The fourth-order valence-electron chi connectivity index (χ4n) is 2.42. The maximum atomic E-state index is 5.91. The molecule has 0 saturated carbocycles. The molecule has 0 radical (unpaired) electrons. The number of hydrogen-bond donors (Lipinski definition) is 1. The molecule has 0 aliphatic carbocycles. The summed E-state index contributed by atoms with van der Waals surface area (Å²) in [6.45, 7) is 8.37. The molecule has 0 aromatic heterocycles. The van der Waals surface area contributed by atoms with Gasteiger partial charge in [0.15, 0.2) is 0 Å². The summed E-state index contributed by atoms with van der Waals surface area (Å²) in [4.78, 5) is 2.62. The average Bonchev–Trinajstić information content (AvgIpc) is 2.27. The maximum absolute atomic E-state index is 5.91. The van der Waals surface area contributed by atoms with Crippen molar-refractivity contribution in [3.8, 4) is 0 Å². The second-order valence-electron chi connectivity index (χ2n) is 5.05. The molecule has 1 unspecified atom stereocenters. The van der Waals surface area contributed by atoms with Gasteiger partial charge in [-0.25, -0.2) is 0 Å². The Hall–Kier alpha value is -0.0800. The van der Waals surface area contributed by atoms with Crippen LogP contribution in [0.2, 0.25) is 0 Å². The lowest BCUT2D eigenvalue weighted by molar-refractivity contribution is 0.176. The Bertz CT molecular complexity index is 148. The standard InChI is InChI=1S/C13H28N2/c1-3-5-6-12(4-2)11-15-9-7-13(14)8-10-15/h12-13H,3-11,14H2,1-2H3. The molecule has 1 heterocycles. The van der Waals surface area contributed by atoms with Crippen molar-refractivity contribution in [3.05, 3.63) is 0 Å². The van der Waals surface area contributed by atoms with Crippen molar-refractivity contribution in [1.82, 2.24) is 4.90 Å². The van der Waals surface area contributed by atoms with Gasteiger partial charge in [0.2, 0.25) is 0 Å². The monoisotopic (exact) mass is 212 g/mol. The summed E-state index contributed by atoms with van der Waals surface area (Å²) in [5, 5.41) is 0. The molecular weight excluding hydrogens is 184 g/mol. The van der Waals surface area contributed by atoms with Gasteiger partial charge in [-0.3, -0.25) is 0 Å². The van der Waals surface area contributed by atoms with Crippen LogP contribution in [0.3, 0.4) is 0 Å². The fraction of sp³-hybridized carbons (Fsp3) is 1.00. The highest BCUT2D eigenvalue weighted by molar-refractivity contribution is 4.75. The van der Waals surface area contributed by atoms with E-state index in [4.69, 9.17) is 5.73 Å². The number of nitrogens with zero attached hydrogens (tertiary/aromatic N) is 1. The Labute approximate surface area is 95.2 Å². The third-order valence-electron chi connectivity index (χ3n) is 3.69. The highest BCUT2D eigenvalue weighted by atomic mass is 15.1. The summed E-state index contributed by atoms with van der Waals surface area (Å²) in [5.74, 6) is 0.916. The molecule has 1 rings (SSSR count). The van der Waals surface area contributed by atoms with Crippen LogP contribution in [0, 0.1) is 5.92 Å². The van der Waals surface area contributed by atoms with Crippen molar-refractivity contribution < 1.29 is 0 Å². The smallest absolute Gasteiger partial charge is 0.00631 e. The zero-order valence-electron chi connectivity index (χ0n) is 10.5. The van der Waals surface area contributed by atoms with Gasteiger partial charge in [-0.05, 0) is 38.3 Å². The third kappa shape index (κ3) is 4.98. The van der Waals surface area contributed by atoms with Crippen molar-refractivity contribution in [1.29, 1.82) is 0 Å². The molecule has 2 nitrogen and oxygen atoms in total. The van der Waals surface area contributed by atoms with E-state index in [1.54, 1.807) is 0 Å². The Morgan fingerprint density at radius 2 is 1.93 bits per heavy atom. The van der Waals surface area contributed by atoms with Crippen LogP contribution in [0.1, 0.15) is 52.4 Å². The lowest BCUT2D eigenvalue weighted by Crippen LogP contribution is -2.41. The molecule has 1 atom stereocenters. The fourth-order valence-corrected chi connectivity index (χ4v) is 2.42. The van der Waals surface area contributed by atoms with Crippen LogP contribution in [0.4, 0.5) is 0 Å². The second-order valence-corrected chi connectivity index (χ2v) is 5.05. The quantitative estimate of drug-likeness (QED) is 0.733. The van der Waals surface area contributed by atoms with Gasteiger partial charge in [-0.2, -0.15) is 0 Å². The van der Waals surface area contributed by atoms with Crippen molar-refractivity contribution in [3.63, 3.8) is 0 Å². The molecule has 1 aliphatic rings. The maximum Gasteiger partial charge on any atom is 0.00631 e. The van der Waals surface area contributed by atoms with Gasteiger partial charge in [-0.1, -0.05) is 33.1 Å². The van der Waals surface area contributed by atoms with Gasteiger partial charge in [0.05, 0.1) is 0 Å².